The molecule has 0 aliphatic rings. The number of non-ortho nitro benzene ring substituents is 1. The van der Waals surface area contributed by atoms with E-state index in [2.05, 4.69) is 15.9 Å². The summed E-state index contributed by atoms with van der Waals surface area (Å²) in [5, 5.41) is 10.7. The molecule has 1 heterocycles. The minimum atomic E-state index is -0.497. The molecule has 7 nitrogen and oxygen atoms in total. The molecule has 0 N–H and O–H groups in total. The van der Waals surface area contributed by atoms with Crippen LogP contribution in [-0.4, -0.2) is 14.1 Å². The molecule has 0 aliphatic carbocycles. The molecule has 0 saturated heterocycles. The zero-order valence-electron chi connectivity index (χ0n) is 13.5. The van der Waals surface area contributed by atoms with Crippen LogP contribution in [0.3, 0.4) is 0 Å². The molecule has 0 radical (unpaired) electrons. The van der Waals surface area contributed by atoms with Gasteiger partial charge in [0.15, 0.2) is 0 Å². The summed E-state index contributed by atoms with van der Waals surface area (Å²) in [7, 11) is 0. The number of nitro groups is 1. The molecule has 0 aliphatic heterocycles. The van der Waals surface area contributed by atoms with Crippen molar-refractivity contribution in [2.24, 2.45) is 0 Å². The number of halogens is 1. The van der Waals surface area contributed by atoms with Gasteiger partial charge in [-0.3, -0.25) is 24.0 Å². The lowest BCUT2D eigenvalue weighted by Gasteiger charge is -2.10. The fourth-order valence-corrected chi connectivity index (χ4v) is 3.01. The Labute approximate surface area is 156 Å². The van der Waals surface area contributed by atoms with E-state index in [0.717, 1.165) is 14.6 Å². The summed E-state index contributed by atoms with van der Waals surface area (Å²) in [6.07, 6.45) is 1.47. The second kappa shape index (κ2) is 7.49. The molecule has 3 aromatic rings. The SMILES string of the molecule is O=c1ccn(Cc2cccc(Br)c2)c(=O)n1Cc1ccc([N+](=O)[O-])cc1. The Kier molecular flexibility index (Phi) is 5.13. The first-order valence-corrected chi connectivity index (χ1v) is 8.51. The van der Waals surface area contributed by atoms with Gasteiger partial charge in [0.25, 0.3) is 11.2 Å². The summed E-state index contributed by atoms with van der Waals surface area (Å²) in [5.74, 6) is 0. The van der Waals surface area contributed by atoms with Crippen LogP contribution in [0.4, 0.5) is 5.69 Å². The van der Waals surface area contributed by atoms with Crippen molar-refractivity contribution in [2.75, 3.05) is 0 Å². The van der Waals surface area contributed by atoms with Crippen LogP contribution in [0.25, 0.3) is 0 Å². The average molecular weight is 416 g/mol. The van der Waals surface area contributed by atoms with Crippen molar-refractivity contribution in [3.8, 4) is 0 Å². The van der Waals surface area contributed by atoms with Crippen LogP contribution in [0, 0.1) is 10.1 Å². The van der Waals surface area contributed by atoms with Gasteiger partial charge in [0.1, 0.15) is 0 Å². The molecule has 2 aromatic carbocycles. The third kappa shape index (κ3) is 3.97. The second-order valence-electron chi connectivity index (χ2n) is 5.70. The highest BCUT2D eigenvalue weighted by Crippen LogP contribution is 2.13. The highest BCUT2D eigenvalue weighted by molar-refractivity contribution is 9.10. The summed E-state index contributed by atoms with van der Waals surface area (Å²) >= 11 is 3.39. The topological polar surface area (TPSA) is 87.1 Å². The zero-order chi connectivity index (χ0) is 18.7. The number of aromatic nitrogens is 2. The first-order chi connectivity index (χ1) is 12.4. The second-order valence-corrected chi connectivity index (χ2v) is 6.62. The van der Waals surface area contributed by atoms with Crippen molar-refractivity contribution in [1.82, 2.24) is 9.13 Å². The standard InChI is InChI=1S/C18H14BrN3O4/c19-15-3-1-2-14(10-15)11-20-9-8-17(23)21(18(20)24)12-13-4-6-16(7-5-13)22(25)26/h1-10H,11-12H2. The van der Waals surface area contributed by atoms with Crippen LogP contribution >= 0.6 is 15.9 Å². The molecule has 1 aromatic heterocycles. The molecule has 0 unspecified atom stereocenters. The number of hydrogen-bond donors (Lipinski definition) is 0. The minimum absolute atomic E-state index is 0.0405. The van der Waals surface area contributed by atoms with Gasteiger partial charge in [-0.25, -0.2) is 4.79 Å². The number of nitrogens with zero attached hydrogens (tertiary/aromatic N) is 3. The van der Waals surface area contributed by atoms with Crippen molar-refractivity contribution in [3.63, 3.8) is 0 Å². The largest absolute Gasteiger partial charge is 0.331 e. The zero-order valence-corrected chi connectivity index (χ0v) is 15.1. The quantitative estimate of drug-likeness (QED) is 0.473. The highest BCUT2D eigenvalue weighted by atomic mass is 79.9. The Morgan fingerprint density at radius 1 is 0.962 bits per heavy atom. The Bertz CT molecular complexity index is 1070. The Morgan fingerprint density at radius 3 is 2.35 bits per heavy atom. The maximum Gasteiger partial charge on any atom is 0.331 e. The fourth-order valence-electron chi connectivity index (χ4n) is 2.56. The van der Waals surface area contributed by atoms with E-state index in [1.807, 2.05) is 24.3 Å². The molecular formula is C18H14BrN3O4. The van der Waals surface area contributed by atoms with Crippen molar-refractivity contribution < 1.29 is 4.92 Å². The number of hydrogen-bond acceptors (Lipinski definition) is 4. The molecule has 3 rings (SSSR count). The van der Waals surface area contributed by atoms with Gasteiger partial charge in [0, 0.05) is 28.9 Å². The molecule has 0 fully saturated rings. The van der Waals surface area contributed by atoms with Crippen LogP contribution in [0.1, 0.15) is 11.1 Å². The molecule has 132 valence electrons. The van der Waals surface area contributed by atoms with Crippen molar-refractivity contribution >= 4 is 21.6 Å². The lowest BCUT2D eigenvalue weighted by molar-refractivity contribution is -0.384. The van der Waals surface area contributed by atoms with Crippen molar-refractivity contribution in [3.05, 3.63) is 107 Å². The molecule has 0 saturated carbocycles. The maximum absolute atomic E-state index is 12.7. The van der Waals surface area contributed by atoms with Gasteiger partial charge in [-0.2, -0.15) is 0 Å². The van der Waals surface area contributed by atoms with Crippen molar-refractivity contribution in [2.45, 2.75) is 13.1 Å². The Hall–Kier alpha value is -3.00. The van der Waals surface area contributed by atoms with Gasteiger partial charge < -0.3 is 0 Å². The van der Waals surface area contributed by atoms with E-state index >= 15 is 0 Å². The summed E-state index contributed by atoms with van der Waals surface area (Å²) in [5.41, 5.74) is 0.660. The van der Waals surface area contributed by atoms with Crippen molar-refractivity contribution in [1.29, 1.82) is 0 Å². The van der Waals surface area contributed by atoms with E-state index in [0.29, 0.717) is 12.1 Å². The maximum atomic E-state index is 12.7. The lowest BCUT2D eigenvalue weighted by Crippen LogP contribution is -2.39. The number of benzene rings is 2. The predicted molar refractivity (Wildman–Crippen MR) is 100 cm³/mol. The molecule has 26 heavy (non-hydrogen) atoms. The highest BCUT2D eigenvalue weighted by Gasteiger charge is 2.09. The first kappa shape index (κ1) is 17.8. The average Bonchev–Trinajstić information content (AvgIpc) is 2.61. The van der Waals surface area contributed by atoms with Gasteiger partial charge >= 0.3 is 5.69 Å². The summed E-state index contributed by atoms with van der Waals surface area (Å²) in [6.45, 7) is 0.383. The molecule has 0 spiro atoms. The third-order valence-corrected chi connectivity index (χ3v) is 4.36. The van der Waals surface area contributed by atoms with E-state index in [1.54, 1.807) is 0 Å². The van der Waals surface area contributed by atoms with Gasteiger partial charge in [0.05, 0.1) is 18.0 Å². The minimum Gasteiger partial charge on any atom is -0.296 e. The Balaban J connectivity index is 1.91. The molecule has 8 heteroatoms. The van der Waals surface area contributed by atoms with Crippen LogP contribution in [0.15, 0.2) is 74.9 Å². The fraction of sp³-hybridized carbons (Fsp3) is 0.111. The number of nitro benzene ring substituents is 1. The summed E-state index contributed by atoms with van der Waals surface area (Å²) in [4.78, 5) is 35.0. The van der Waals surface area contributed by atoms with E-state index in [4.69, 9.17) is 0 Å². The van der Waals surface area contributed by atoms with Crippen LogP contribution in [0.5, 0.6) is 0 Å². The Morgan fingerprint density at radius 2 is 1.69 bits per heavy atom. The smallest absolute Gasteiger partial charge is 0.296 e. The van der Waals surface area contributed by atoms with E-state index in [-0.39, 0.29) is 12.2 Å². The normalized spacial score (nSPS) is 10.7. The van der Waals surface area contributed by atoms with Gasteiger partial charge in [0.2, 0.25) is 0 Å². The number of rotatable bonds is 5. The first-order valence-electron chi connectivity index (χ1n) is 7.72. The van der Waals surface area contributed by atoms with Crippen LogP contribution in [0.2, 0.25) is 0 Å². The summed E-state index contributed by atoms with van der Waals surface area (Å²) < 4.78 is 3.47. The van der Waals surface area contributed by atoms with Crippen LogP contribution in [-0.2, 0) is 13.1 Å². The van der Waals surface area contributed by atoms with Gasteiger partial charge in [-0.15, -0.1) is 0 Å². The monoisotopic (exact) mass is 415 g/mol. The summed E-state index contributed by atoms with van der Waals surface area (Å²) in [6, 6.07) is 14.7. The molecular weight excluding hydrogens is 402 g/mol. The third-order valence-electron chi connectivity index (χ3n) is 3.87. The lowest BCUT2D eigenvalue weighted by atomic mass is 10.2. The molecule has 0 atom stereocenters. The molecule has 0 amide bonds. The van der Waals surface area contributed by atoms with E-state index < -0.39 is 16.2 Å². The van der Waals surface area contributed by atoms with Gasteiger partial charge in [-0.1, -0.05) is 40.2 Å². The predicted octanol–water partition coefficient (Wildman–Crippen LogP) is 2.78. The van der Waals surface area contributed by atoms with Crippen LogP contribution < -0.4 is 11.2 Å². The van der Waals surface area contributed by atoms with E-state index in [1.165, 1.54) is 41.1 Å². The molecule has 0 bridgehead atoms. The van der Waals surface area contributed by atoms with Gasteiger partial charge in [-0.05, 0) is 23.3 Å². The van der Waals surface area contributed by atoms with E-state index in [9.17, 15) is 19.7 Å².